The highest BCUT2D eigenvalue weighted by molar-refractivity contribution is 7.47. The van der Waals surface area contributed by atoms with Gasteiger partial charge in [-0.3, -0.25) is 0 Å². The van der Waals surface area contributed by atoms with Crippen molar-refractivity contribution in [2.45, 2.75) is 60.4 Å². The van der Waals surface area contributed by atoms with E-state index in [9.17, 15) is 0 Å². The first-order chi connectivity index (χ1) is 10.9. The largest absolute Gasteiger partial charge is 0.338 e. The summed E-state index contributed by atoms with van der Waals surface area (Å²) >= 11 is 0. The lowest BCUT2D eigenvalue weighted by Crippen LogP contribution is -2.40. The van der Waals surface area contributed by atoms with Crippen LogP contribution in [0.25, 0.3) is 0 Å². The Kier molecular flexibility index (Phi) is 6.10. The topological polar surface area (TPSA) is 3.24 Å². The van der Waals surface area contributed by atoms with Crippen LogP contribution in [0.5, 0.6) is 0 Å². The third kappa shape index (κ3) is 3.29. The first-order valence-corrected chi connectivity index (χ1v) is 10.7. The van der Waals surface area contributed by atoms with Crippen LogP contribution in [0, 0.1) is 6.92 Å². The van der Waals surface area contributed by atoms with Crippen molar-refractivity contribution in [3.63, 3.8) is 0 Å². The van der Waals surface area contributed by atoms with Crippen molar-refractivity contribution in [3.8, 4) is 0 Å². The Balaban J connectivity index is 2.68. The Morgan fingerprint density at radius 1 is 1.17 bits per heavy atom. The van der Waals surface area contributed by atoms with Crippen LogP contribution in [0.2, 0.25) is 0 Å². The van der Waals surface area contributed by atoms with Gasteiger partial charge in [-0.1, -0.05) is 22.4 Å². The fourth-order valence-corrected chi connectivity index (χ4v) is 5.44. The Morgan fingerprint density at radius 2 is 1.83 bits per heavy atom. The number of hydrogen-bond acceptors (Lipinski definition) is 1. The van der Waals surface area contributed by atoms with E-state index in [1.54, 1.807) is 0 Å². The summed E-state index contributed by atoms with van der Waals surface area (Å²) in [5.74, 6) is 0. The molecule has 126 valence electrons. The fraction of sp³-hybridized carbons (Fsp3) is 0.500. The molecule has 3 unspecified atom stereocenters. The first kappa shape index (κ1) is 18.7. The molecule has 0 aliphatic carbocycles. The molecule has 1 heterocycles. The lowest BCUT2D eigenvalue weighted by Gasteiger charge is -2.40. The van der Waals surface area contributed by atoms with Crippen molar-refractivity contribution in [1.82, 2.24) is 0 Å². The van der Waals surface area contributed by atoms with E-state index in [1.807, 2.05) is 0 Å². The maximum atomic E-state index is 2.96. The predicted molar refractivity (Wildman–Crippen MR) is 112 cm³/mol. The summed E-state index contributed by atoms with van der Waals surface area (Å²) in [6.45, 7) is 16.0. The van der Waals surface area contributed by atoms with Crippen molar-refractivity contribution in [3.05, 3.63) is 40.1 Å². The van der Waals surface area contributed by atoms with Crippen LogP contribution in [0.1, 0.15) is 52.2 Å². The van der Waals surface area contributed by atoms with Gasteiger partial charge in [-0.2, -0.15) is 0 Å². The van der Waals surface area contributed by atoms with Crippen molar-refractivity contribution >= 4 is 34.1 Å². The second-order valence-corrected chi connectivity index (χ2v) is 8.13. The van der Waals surface area contributed by atoms with E-state index in [1.165, 1.54) is 44.3 Å². The average Bonchev–Trinajstić information content (AvgIpc) is 2.50. The van der Waals surface area contributed by atoms with Crippen LogP contribution in [-0.4, -0.2) is 12.7 Å². The second kappa shape index (κ2) is 7.50. The number of anilines is 1. The van der Waals surface area contributed by atoms with E-state index >= 15 is 0 Å². The standard InChI is InChI=1S/C20H31NP2/c1-8-16-15(6)20(23-7)18(11-19(16)22)21-13(4)10-12(3)14(5)17(21)9-2/h10-11,17,23H,8-9,22H2,1-7H3. The Bertz CT molecular complexity index is 671. The normalized spacial score (nSPS) is 19.0. The average molecular weight is 347 g/mol. The second-order valence-electron chi connectivity index (χ2n) is 6.51. The van der Waals surface area contributed by atoms with Crippen molar-refractivity contribution in [2.24, 2.45) is 0 Å². The zero-order valence-corrected chi connectivity index (χ0v) is 17.8. The molecule has 2 rings (SSSR count). The number of allylic oxidation sites excluding steroid dienone is 3. The van der Waals surface area contributed by atoms with E-state index in [4.69, 9.17) is 0 Å². The Hall–Kier alpha value is -0.640. The summed E-state index contributed by atoms with van der Waals surface area (Å²) in [7, 11) is 3.78. The summed E-state index contributed by atoms with van der Waals surface area (Å²) < 4.78 is 0. The summed E-state index contributed by atoms with van der Waals surface area (Å²) in [5.41, 5.74) is 8.70. The summed E-state index contributed by atoms with van der Waals surface area (Å²) in [6.07, 6.45) is 4.59. The van der Waals surface area contributed by atoms with Gasteiger partial charge in [-0.25, -0.2) is 0 Å². The van der Waals surface area contributed by atoms with E-state index in [0.717, 1.165) is 21.4 Å². The van der Waals surface area contributed by atoms with Crippen molar-refractivity contribution in [2.75, 3.05) is 11.6 Å². The van der Waals surface area contributed by atoms with Gasteiger partial charge in [0.1, 0.15) is 0 Å². The van der Waals surface area contributed by atoms with Gasteiger partial charge < -0.3 is 4.90 Å². The Morgan fingerprint density at radius 3 is 2.35 bits per heavy atom. The fourth-order valence-electron chi connectivity index (χ4n) is 3.89. The summed E-state index contributed by atoms with van der Waals surface area (Å²) in [6, 6.07) is 2.88. The monoisotopic (exact) mass is 347 g/mol. The quantitative estimate of drug-likeness (QED) is 0.705. The van der Waals surface area contributed by atoms with Gasteiger partial charge in [0, 0.05) is 11.4 Å². The van der Waals surface area contributed by atoms with E-state index in [0.29, 0.717) is 6.04 Å². The van der Waals surface area contributed by atoms with Gasteiger partial charge in [0.15, 0.2) is 0 Å². The lowest BCUT2D eigenvalue weighted by atomic mass is 9.93. The molecule has 0 bridgehead atoms. The summed E-state index contributed by atoms with van der Waals surface area (Å²) in [4.78, 5) is 2.58. The van der Waals surface area contributed by atoms with Crippen LogP contribution in [-0.2, 0) is 6.42 Å². The smallest absolute Gasteiger partial charge is 0.0548 e. The van der Waals surface area contributed by atoms with Crippen LogP contribution >= 0.6 is 17.8 Å². The molecule has 0 saturated carbocycles. The van der Waals surface area contributed by atoms with Gasteiger partial charge in [-0.05, 0) is 92.2 Å². The highest BCUT2D eigenvalue weighted by Crippen LogP contribution is 2.35. The molecule has 0 aromatic heterocycles. The van der Waals surface area contributed by atoms with Crippen molar-refractivity contribution < 1.29 is 0 Å². The zero-order valence-electron chi connectivity index (χ0n) is 15.7. The van der Waals surface area contributed by atoms with E-state index in [-0.39, 0.29) is 0 Å². The number of benzene rings is 1. The van der Waals surface area contributed by atoms with Gasteiger partial charge in [-0.15, -0.1) is 9.24 Å². The molecule has 0 spiro atoms. The SMILES string of the molecule is CCc1c(P)cc(N2C(C)=CC(C)=C(C)C2CC)c(PC)c1C. The van der Waals surface area contributed by atoms with Crippen LogP contribution in [0.4, 0.5) is 5.69 Å². The minimum absolute atomic E-state index is 0.478. The number of hydrogen-bond donors (Lipinski definition) is 0. The minimum atomic E-state index is 0.478. The molecule has 0 fully saturated rings. The molecule has 0 saturated heterocycles. The van der Waals surface area contributed by atoms with E-state index in [2.05, 4.69) is 74.5 Å². The third-order valence-corrected chi connectivity index (χ3v) is 6.86. The third-order valence-electron chi connectivity index (χ3n) is 5.21. The molecule has 1 aromatic rings. The highest BCUT2D eigenvalue weighted by atomic mass is 31.1. The molecule has 3 atom stereocenters. The molecule has 0 N–H and O–H groups in total. The molecule has 0 amide bonds. The lowest BCUT2D eigenvalue weighted by molar-refractivity contribution is 0.673. The molecular formula is C20H31NP2. The Labute approximate surface area is 146 Å². The predicted octanol–water partition coefficient (Wildman–Crippen LogP) is 4.83. The molecule has 1 aromatic carbocycles. The highest BCUT2D eigenvalue weighted by Gasteiger charge is 2.27. The molecule has 23 heavy (non-hydrogen) atoms. The van der Waals surface area contributed by atoms with Gasteiger partial charge in [0.2, 0.25) is 0 Å². The molecular weight excluding hydrogens is 316 g/mol. The number of rotatable bonds is 4. The molecule has 0 radical (unpaired) electrons. The summed E-state index contributed by atoms with van der Waals surface area (Å²) in [5, 5.41) is 2.89. The minimum Gasteiger partial charge on any atom is -0.338 e. The molecule has 1 nitrogen and oxygen atoms in total. The molecule has 1 aliphatic heterocycles. The van der Waals surface area contributed by atoms with Gasteiger partial charge in [0.05, 0.1) is 6.04 Å². The maximum Gasteiger partial charge on any atom is 0.0548 e. The maximum absolute atomic E-state index is 2.96. The van der Waals surface area contributed by atoms with Crippen LogP contribution < -0.4 is 15.5 Å². The van der Waals surface area contributed by atoms with Crippen LogP contribution in [0.3, 0.4) is 0 Å². The zero-order chi connectivity index (χ0) is 17.3. The molecule has 3 heteroatoms. The van der Waals surface area contributed by atoms with E-state index < -0.39 is 0 Å². The van der Waals surface area contributed by atoms with Gasteiger partial charge >= 0.3 is 0 Å². The molecule has 1 aliphatic rings. The first-order valence-electron chi connectivity index (χ1n) is 8.61. The number of nitrogens with zero attached hydrogens (tertiary/aromatic N) is 1. The van der Waals surface area contributed by atoms with Crippen molar-refractivity contribution in [1.29, 1.82) is 0 Å². The van der Waals surface area contributed by atoms with Crippen LogP contribution in [0.15, 0.2) is 29.0 Å². The van der Waals surface area contributed by atoms with Gasteiger partial charge in [0.25, 0.3) is 0 Å².